The maximum absolute atomic E-state index is 14.8. The summed E-state index contributed by atoms with van der Waals surface area (Å²) in [7, 11) is -1.60. The zero-order valence-electron chi connectivity index (χ0n) is 17.6. The van der Waals surface area contributed by atoms with Crippen molar-refractivity contribution < 1.29 is 31.3 Å². The molecular weight excluding hydrogens is 503 g/mol. The van der Waals surface area contributed by atoms with Gasteiger partial charge < -0.3 is 14.9 Å². The van der Waals surface area contributed by atoms with Crippen LogP contribution in [0.15, 0.2) is 18.2 Å². The van der Waals surface area contributed by atoms with Crippen molar-refractivity contribution in [2.75, 3.05) is 21.4 Å². The number of hydrogen-bond acceptors (Lipinski definition) is 6. The minimum Gasteiger partial charge on any atom is -0.371 e. The second-order valence-corrected chi connectivity index (χ2v) is 9.99. The van der Waals surface area contributed by atoms with E-state index in [-0.39, 0.29) is 34.9 Å². The fraction of sp³-hybridized carbons (Fsp3) is 0.429. The quantitative estimate of drug-likeness (QED) is 0.363. The first-order valence-electron chi connectivity index (χ1n) is 10.1. The van der Waals surface area contributed by atoms with Crippen molar-refractivity contribution >= 4 is 33.9 Å². The molecule has 1 aromatic heterocycles. The van der Waals surface area contributed by atoms with Crippen LogP contribution in [-0.4, -0.2) is 44.2 Å². The first-order chi connectivity index (χ1) is 15.9. The number of aliphatic hydroxyl groups is 1. The maximum Gasteiger partial charge on any atom is 0.417 e. The molecule has 1 aliphatic carbocycles. The number of aliphatic hydroxyl groups excluding tert-OH is 1. The number of hydrogen-bond donors (Lipinski definition) is 1. The summed E-state index contributed by atoms with van der Waals surface area (Å²) in [6, 6.07) is 2.90. The molecule has 1 saturated carbocycles. The van der Waals surface area contributed by atoms with E-state index in [1.807, 2.05) is 0 Å². The van der Waals surface area contributed by atoms with E-state index in [9.17, 15) is 36.5 Å². The van der Waals surface area contributed by atoms with Gasteiger partial charge in [0.15, 0.2) is 5.82 Å². The zero-order chi connectivity index (χ0) is 24.9. The summed E-state index contributed by atoms with van der Waals surface area (Å²) in [6.07, 6.45) is -5.25. The molecule has 0 radical (unpaired) electrons. The Labute approximate surface area is 199 Å². The Hall–Kier alpha value is -2.49. The molecule has 6 nitrogen and oxygen atoms in total. The minimum absolute atomic E-state index is 0.0253. The van der Waals surface area contributed by atoms with Gasteiger partial charge >= 0.3 is 6.18 Å². The van der Waals surface area contributed by atoms with Crippen LogP contribution < -0.4 is 9.80 Å². The fourth-order valence-corrected chi connectivity index (χ4v) is 5.68. The number of nitrogens with zero attached hydrogens (tertiary/aromatic N) is 4. The molecule has 2 aliphatic rings. The van der Waals surface area contributed by atoms with E-state index in [1.165, 1.54) is 22.8 Å². The molecule has 2 fully saturated rings. The molecule has 34 heavy (non-hydrogen) atoms. The predicted molar refractivity (Wildman–Crippen MR) is 116 cm³/mol. The summed E-state index contributed by atoms with van der Waals surface area (Å²) >= 11 is 5.71. The largest absolute Gasteiger partial charge is 0.417 e. The van der Waals surface area contributed by atoms with Gasteiger partial charge in [0.25, 0.3) is 0 Å². The molecule has 2 heterocycles. The van der Waals surface area contributed by atoms with Crippen LogP contribution >= 0.6 is 11.6 Å². The van der Waals surface area contributed by atoms with Crippen LogP contribution in [0.4, 0.5) is 33.5 Å². The van der Waals surface area contributed by atoms with E-state index in [4.69, 9.17) is 11.6 Å². The van der Waals surface area contributed by atoms with Gasteiger partial charge in [-0.1, -0.05) is 11.6 Å². The number of aryl methyl sites for hydroxylation is 1. The lowest BCUT2D eigenvalue weighted by Crippen LogP contribution is -2.52. The molecular formula is C21H18ClF5N4O2S. The Morgan fingerprint density at radius 1 is 1.35 bits per heavy atom. The van der Waals surface area contributed by atoms with Gasteiger partial charge in [0, 0.05) is 22.5 Å². The molecule has 1 saturated heterocycles. The highest BCUT2D eigenvalue weighted by Gasteiger charge is 2.46. The van der Waals surface area contributed by atoms with Crippen molar-refractivity contribution in [1.29, 1.82) is 5.26 Å². The number of pyridine rings is 1. The van der Waals surface area contributed by atoms with Gasteiger partial charge in [-0.3, -0.25) is 4.21 Å². The summed E-state index contributed by atoms with van der Waals surface area (Å²) < 4.78 is 81.8. The normalized spacial score (nSPS) is 21.4. The molecule has 2 aromatic rings. The second-order valence-electron chi connectivity index (χ2n) is 8.14. The molecule has 1 aromatic carbocycles. The van der Waals surface area contributed by atoms with Crippen LogP contribution in [0, 0.1) is 29.9 Å². The highest BCUT2D eigenvalue weighted by molar-refractivity contribution is 7.85. The molecule has 1 N–H and O–H groups in total. The van der Waals surface area contributed by atoms with Gasteiger partial charge in [0.2, 0.25) is 0 Å². The van der Waals surface area contributed by atoms with E-state index in [1.54, 1.807) is 0 Å². The lowest BCUT2D eigenvalue weighted by atomic mass is 10.1. The van der Waals surface area contributed by atoms with Gasteiger partial charge in [0.05, 0.1) is 28.9 Å². The van der Waals surface area contributed by atoms with Gasteiger partial charge in [-0.25, -0.2) is 13.8 Å². The summed E-state index contributed by atoms with van der Waals surface area (Å²) in [5.74, 6) is -2.89. The summed E-state index contributed by atoms with van der Waals surface area (Å²) in [5.41, 5.74) is -2.17. The standard InChI is InChI=1S/C21H18ClF5N4O2S/c1-10-6-13(21(25,26)27)12(7-28)19(29-10)30-9-34(33)8-16(30)20(32)31(11-2-3-11)15-5-4-14(23)17(22)18(15)24/h4-6,11,16,20,32H,2-3,8-9H2,1H3/t16-,20?,34?/m1/s1. The number of halogens is 6. The van der Waals surface area contributed by atoms with Crippen molar-refractivity contribution in [1.82, 2.24) is 4.98 Å². The zero-order valence-corrected chi connectivity index (χ0v) is 19.2. The van der Waals surface area contributed by atoms with E-state index in [2.05, 4.69) is 4.98 Å². The number of nitriles is 1. The Kier molecular flexibility index (Phi) is 6.48. The maximum atomic E-state index is 14.8. The van der Waals surface area contributed by atoms with Crippen LogP contribution in [0.3, 0.4) is 0 Å². The molecule has 4 rings (SSSR count). The Morgan fingerprint density at radius 3 is 2.62 bits per heavy atom. The van der Waals surface area contributed by atoms with Gasteiger partial charge in [-0.05, 0) is 38.0 Å². The topological polar surface area (TPSA) is 80.5 Å². The van der Waals surface area contributed by atoms with Crippen molar-refractivity contribution in [3.05, 3.63) is 51.7 Å². The van der Waals surface area contributed by atoms with Crippen molar-refractivity contribution in [3.8, 4) is 6.07 Å². The monoisotopic (exact) mass is 520 g/mol. The number of rotatable bonds is 5. The lowest BCUT2D eigenvalue weighted by molar-refractivity contribution is -0.137. The Balaban J connectivity index is 1.79. The third kappa shape index (κ3) is 4.44. The lowest BCUT2D eigenvalue weighted by Gasteiger charge is -2.38. The highest BCUT2D eigenvalue weighted by atomic mass is 35.5. The van der Waals surface area contributed by atoms with E-state index in [0.29, 0.717) is 12.8 Å². The Bertz CT molecular complexity index is 1200. The van der Waals surface area contributed by atoms with Crippen molar-refractivity contribution in [2.24, 2.45) is 0 Å². The van der Waals surface area contributed by atoms with E-state index in [0.717, 1.165) is 18.2 Å². The third-order valence-electron chi connectivity index (χ3n) is 5.72. The molecule has 0 spiro atoms. The van der Waals surface area contributed by atoms with Crippen molar-refractivity contribution in [2.45, 2.75) is 44.3 Å². The average molecular weight is 521 g/mol. The minimum atomic E-state index is -4.84. The molecule has 1 aliphatic heterocycles. The van der Waals surface area contributed by atoms with Crippen LogP contribution in [0.25, 0.3) is 0 Å². The third-order valence-corrected chi connectivity index (χ3v) is 7.35. The molecule has 0 bridgehead atoms. The van der Waals surface area contributed by atoms with E-state index < -0.39 is 57.0 Å². The van der Waals surface area contributed by atoms with Gasteiger partial charge in [-0.2, -0.15) is 18.4 Å². The second kappa shape index (κ2) is 8.94. The predicted octanol–water partition coefficient (Wildman–Crippen LogP) is 4.09. The van der Waals surface area contributed by atoms with Gasteiger partial charge in [-0.15, -0.1) is 0 Å². The smallest absolute Gasteiger partial charge is 0.371 e. The number of aromatic nitrogens is 1. The fourth-order valence-electron chi connectivity index (χ4n) is 4.06. The molecule has 3 atom stereocenters. The number of alkyl halides is 3. The molecule has 182 valence electrons. The van der Waals surface area contributed by atoms with E-state index >= 15 is 0 Å². The number of anilines is 2. The van der Waals surface area contributed by atoms with Crippen LogP contribution in [0.5, 0.6) is 0 Å². The number of benzene rings is 1. The first kappa shape index (κ1) is 24.6. The first-order valence-corrected chi connectivity index (χ1v) is 12.0. The molecule has 13 heteroatoms. The highest BCUT2D eigenvalue weighted by Crippen LogP contribution is 2.41. The van der Waals surface area contributed by atoms with Crippen molar-refractivity contribution in [3.63, 3.8) is 0 Å². The molecule has 0 amide bonds. The summed E-state index contributed by atoms with van der Waals surface area (Å²) in [5, 5.41) is 20.0. The van der Waals surface area contributed by atoms with Crippen LogP contribution in [0.1, 0.15) is 29.7 Å². The summed E-state index contributed by atoms with van der Waals surface area (Å²) in [4.78, 5) is 6.56. The van der Waals surface area contributed by atoms with Crippen LogP contribution in [-0.2, 0) is 17.0 Å². The van der Waals surface area contributed by atoms with Gasteiger partial charge in [0.1, 0.15) is 34.5 Å². The summed E-state index contributed by atoms with van der Waals surface area (Å²) in [6.45, 7) is 1.32. The average Bonchev–Trinajstić information content (AvgIpc) is 3.52. The van der Waals surface area contributed by atoms with Crippen LogP contribution in [0.2, 0.25) is 5.02 Å². The SMILES string of the molecule is Cc1cc(C(F)(F)F)c(C#N)c(N2CS(=O)C[C@@H]2C(O)N(c2ccc(F)c(Cl)c2F)C2CC2)n1. The molecule has 2 unspecified atom stereocenters. The Morgan fingerprint density at radius 2 is 2.03 bits per heavy atom.